The molecule has 0 radical (unpaired) electrons. The number of aliphatic hydroxyl groups excluding tert-OH is 1. The SMILES string of the molecule is CC1CN(S(=O)(=O)c2cc(C(=O)Nc3ccc(F)c(Cl)c3)ccc2F)CCCCC1O. The van der Waals surface area contributed by atoms with E-state index in [0.29, 0.717) is 19.3 Å². The molecule has 0 saturated carbocycles. The second-order valence-corrected chi connectivity index (χ2v) is 9.95. The Morgan fingerprint density at radius 1 is 1.16 bits per heavy atom. The minimum atomic E-state index is -4.23. The Labute approximate surface area is 184 Å². The fourth-order valence-electron chi connectivity index (χ4n) is 3.44. The van der Waals surface area contributed by atoms with Gasteiger partial charge in [0, 0.05) is 24.3 Å². The van der Waals surface area contributed by atoms with Gasteiger partial charge in [-0.25, -0.2) is 17.2 Å². The number of benzene rings is 2. The molecule has 3 rings (SSSR count). The van der Waals surface area contributed by atoms with Crippen molar-refractivity contribution in [2.45, 2.75) is 37.2 Å². The van der Waals surface area contributed by atoms with Crippen LogP contribution in [0.1, 0.15) is 36.5 Å². The molecule has 2 aromatic rings. The maximum absolute atomic E-state index is 14.5. The summed E-state index contributed by atoms with van der Waals surface area (Å²) in [6.07, 6.45) is 1.15. The lowest BCUT2D eigenvalue weighted by Gasteiger charge is -2.30. The molecular weight excluding hydrogens is 450 g/mol. The monoisotopic (exact) mass is 472 g/mol. The van der Waals surface area contributed by atoms with E-state index in [1.165, 1.54) is 12.1 Å². The fourth-order valence-corrected chi connectivity index (χ4v) is 5.29. The van der Waals surface area contributed by atoms with Gasteiger partial charge in [-0.05, 0) is 61.6 Å². The van der Waals surface area contributed by atoms with E-state index in [4.69, 9.17) is 11.6 Å². The summed E-state index contributed by atoms with van der Waals surface area (Å²) in [5, 5.41) is 12.4. The maximum Gasteiger partial charge on any atom is 0.255 e. The Morgan fingerprint density at radius 2 is 1.87 bits per heavy atom. The summed E-state index contributed by atoms with van der Waals surface area (Å²) in [5.74, 6) is -2.64. The van der Waals surface area contributed by atoms with Crippen LogP contribution in [0.25, 0.3) is 0 Å². The molecule has 2 atom stereocenters. The van der Waals surface area contributed by atoms with Crippen LogP contribution < -0.4 is 5.32 Å². The molecule has 168 valence electrons. The summed E-state index contributed by atoms with van der Waals surface area (Å²) in [6, 6.07) is 6.65. The van der Waals surface area contributed by atoms with Gasteiger partial charge >= 0.3 is 0 Å². The van der Waals surface area contributed by atoms with Crippen LogP contribution in [0.4, 0.5) is 14.5 Å². The van der Waals surface area contributed by atoms with Gasteiger partial charge in [-0.2, -0.15) is 4.31 Å². The number of hydrogen-bond acceptors (Lipinski definition) is 4. The zero-order chi connectivity index (χ0) is 22.8. The third-order valence-corrected chi connectivity index (χ3v) is 7.46. The first-order valence-corrected chi connectivity index (χ1v) is 11.7. The lowest BCUT2D eigenvalue weighted by atomic mass is 9.98. The van der Waals surface area contributed by atoms with E-state index < -0.39 is 38.6 Å². The number of carbonyl (C=O) groups is 1. The van der Waals surface area contributed by atoms with Gasteiger partial charge in [-0.3, -0.25) is 4.79 Å². The average molecular weight is 473 g/mol. The molecule has 2 unspecified atom stereocenters. The third-order valence-electron chi connectivity index (χ3n) is 5.29. The number of aliphatic hydroxyl groups is 1. The minimum Gasteiger partial charge on any atom is -0.393 e. The summed E-state index contributed by atoms with van der Waals surface area (Å²) >= 11 is 5.70. The van der Waals surface area contributed by atoms with E-state index in [1.54, 1.807) is 6.92 Å². The highest BCUT2D eigenvalue weighted by atomic mass is 35.5. The third kappa shape index (κ3) is 5.41. The van der Waals surface area contributed by atoms with E-state index >= 15 is 0 Å². The fraction of sp³-hybridized carbons (Fsp3) is 0.381. The Morgan fingerprint density at radius 3 is 2.58 bits per heavy atom. The Balaban J connectivity index is 1.88. The number of nitrogens with zero attached hydrogens (tertiary/aromatic N) is 1. The molecule has 1 fully saturated rings. The van der Waals surface area contributed by atoms with Crippen molar-refractivity contribution in [1.82, 2.24) is 4.31 Å². The highest BCUT2D eigenvalue weighted by Crippen LogP contribution is 2.26. The molecule has 31 heavy (non-hydrogen) atoms. The van der Waals surface area contributed by atoms with Gasteiger partial charge in [-0.15, -0.1) is 0 Å². The second-order valence-electron chi connectivity index (χ2n) is 7.63. The van der Waals surface area contributed by atoms with E-state index in [0.717, 1.165) is 28.6 Å². The largest absolute Gasteiger partial charge is 0.393 e. The minimum absolute atomic E-state index is 0.0491. The smallest absolute Gasteiger partial charge is 0.255 e. The molecule has 2 N–H and O–H groups in total. The van der Waals surface area contributed by atoms with E-state index in [-0.39, 0.29) is 35.3 Å². The van der Waals surface area contributed by atoms with Crippen molar-refractivity contribution in [3.63, 3.8) is 0 Å². The van der Waals surface area contributed by atoms with Crippen molar-refractivity contribution in [2.24, 2.45) is 5.92 Å². The topological polar surface area (TPSA) is 86.7 Å². The molecule has 1 saturated heterocycles. The van der Waals surface area contributed by atoms with Crippen molar-refractivity contribution >= 4 is 33.2 Å². The van der Waals surface area contributed by atoms with Gasteiger partial charge in [0.05, 0.1) is 11.1 Å². The van der Waals surface area contributed by atoms with Crippen molar-refractivity contribution in [3.05, 3.63) is 58.6 Å². The first-order valence-electron chi connectivity index (χ1n) is 9.84. The number of hydrogen-bond donors (Lipinski definition) is 2. The summed E-state index contributed by atoms with van der Waals surface area (Å²) in [5.41, 5.74) is 0.122. The van der Waals surface area contributed by atoms with Crippen LogP contribution in [-0.4, -0.2) is 42.9 Å². The van der Waals surface area contributed by atoms with Gasteiger partial charge in [0.2, 0.25) is 10.0 Å². The van der Waals surface area contributed by atoms with Crippen molar-refractivity contribution in [1.29, 1.82) is 0 Å². The Hall–Kier alpha value is -2.07. The van der Waals surface area contributed by atoms with Gasteiger partial charge in [0.1, 0.15) is 16.5 Å². The highest BCUT2D eigenvalue weighted by Gasteiger charge is 2.32. The van der Waals surface area contributed by atoms with E-state index in [2.05, 4.69) is 5.32 Å². The zero-order valence-corrected chi connectivity index (χ0v) is 18.4. The van der Waals surface area contributed by atoms with Crippen LogP contribution >= 0.6 is 11.6 Å². The molecule has 6 nitrogen and oxygen atoms in total. The Bertz CT molecular complexity index is 1080. The number of amides is 1. The summed E-state index contributed by atoms with van der Waals surface area (Å²) in [7, 11) is -4.23. The molecule has 2 aromatic carbocycles. The highest BCUT2D eigenvalue weighted by molar-refractivity contribution is 7.89. The predicted molar refractivity (Wildman–Crippen MR) is 114 cm³/mol. The molecule has 1 amide bonds. The van der Waals surface area contributed by atoms with Crippen molar-refractivity contribution in [3.8, 4) is 0 Å². The Kier molecular flexibility index (Phi) is 7.31. The predicted octanol–water partition coefficient (Wildman–Crippen LogP) is 4.04. The molecule has 0 bridgehead atoms. The zero-order valence-electron chi connectivity index (χ0n) is 16.8. The van der Waals surface area contributed by atoms with Gasteiger partial charge in [-0.1, -0.05) is 18.5 Å². The number of carbonyl (C=O) groups excluding carboxylic acids is 1. The number of rotatable bonds is 4. The molecule has 1 aliphatic rings. The molecule has 0 aliphatic carbocycles. The lowest BCUT2D eigenvalue weighted by molar-refractivity contribution is 0.0843. The molecule has 1 heterocycles. The average Bonchev–Trinajstić information content (AvgIpc) is 2.71. The standard InChI is InChI=1S/C21H23ClF2N2O4S/c1-13-12-26(9-3-2-4-19(13)27)31(29,30)20-10-14(5-7-18(20)24)21(28)25-15-6-8-17(23)16(22)11-15/h5-8,10-11,13,19,27H,2-4,9,12H2,1H3,(H,25,28). The van der Waals surface area contributed by atoms with Crippen LogP contribution in [-0.2, 0) is 10.0 Å². The first kappa shape index (κ1) is 23.6. The molecule has 10 heteroatoms. The van der Waals surface area contributed by atoms with Crippen LogP contribution in [0.2, 0.25) is 5.02 Å². The van der Waals surface area contributed by atoms with E-state index in [9.17, 15) is 27.1 Å². The number of sulfonamides is 1. The summed E-state index contributed by atoms with van der Waals surface area (Å²) in [6.45, 7) is 1.99. The van der Waals surface area contributed by atoms with Crippen LogP contribution in [0, 0.1) is 17.6 Å². The van der Waals surface area contributed by atoms with E-state index in [1.807, 2.05) is 0 Å². The maximum atomic E-state index is 14.5. The van der Waals surface area contributed by atoms with Crippen LogP contribution in [0.5, 0.6) is 0 Å². The quantitative estimate of drug-likeness (QED) is 0.703. The lowest BCUT2D eigenvalue weighted by Crippen LogP contribution is -2.40. The molecule has 0 spiro atoms. The number of anilines is 1. The number of nitrogens with one attached hydrogen (secondary N) is 1. The molecule has 0 aromatic heterocycles. The molecule has 1 aliphatic heterocycles. The summed E-state index contributed by atoms with van der Waals surface area (Å²) < 4.78 is 55.3. The van der Waals surface area contributed by atoms with Crippen molar-refractivity contribution < 1.29 is 27.1 Å². The van der Waals surface area contributed by atoms with Gasteiger partial charge < -0.3 is 10.4 Å². The van der Waals surface area contributed by atoms with Gasteiger partial charge in [0.25, 0.3) is 5.91 Å². The normalized spacial score (nSPS) is 20.7. The number of halogens is 3. The molecular formula is C21H23ClF2N2O4S. The second kappa shape index (κ2) is 9.60. The van der Waals surface area contributed by atoms with Crippen molar-refractivity contribution in [2.75, 3.05) is 18.4 Å². The van der Waals surface area contributed by atoms with Crippen LogP contribution in [0.3, 0.4) is 0 Å². The summed E-state index contributed by atoms with van der Waals surface area (Å²) in [4.78, 5) is 11.9. The van der Waals surface area contributed by atoms with Crippen LogP contribution in [0.15, 0.2) is 41.3 Å². The first-order chi connectivity index (χ1) is 14.6. The van der Waals surface area contributed by atoms with Gasteiger partial charge in [0.15, 0.2) is 0 Å².